The highest BCUT2D eigenvalue weighted by atomic mass is 35.5. The van der Waals surface area contributed by atoms with E-state index in [1.807, 2.05) is 0 Å². The van der Waals surface area contributed by atoms with Crippen LogP contribution in [0.5, 0.6) is 0 Å². The molecule has 0 aliphatic heterocycles. The van der Waals surface area contributed by atoms with E-state index in [0.29, 0.717) is 5.69 Å². The van der Waals surface area contributed by atoms with Crippen LogP contribution in [0.3, 0.4) is 0 Å². The van der Waals surface area contributed by atoms with Gasteiger partial charge in [0.25, 0.3) is 0 Å². The molecule has 1 rings (SSSR count). The van der Waals surface area contributed by atoms with Gasteiger partial charge in [-0.1, -0.05) is 11.6 Å². The number of hydrogen-bond donors (Lipinski definition) is 1. The Morgan fingerprint density at radius 2 is 2.50 bits per heavy atom. The molecular weight excluding hydrogens is 129 g/mol. The van der Waals surface area contributed by atoms with Crippen molar-refractivity contribution >= 4 is 11.6 Å². The molecule has 0 saturated heterocycles. The fraction of sp³-hybridized carbons (Fsp3) is 0.200. The minimum atomic E-state index is -1.40. The summed E-state index contributed by atoms with van der Waals surface area (Å²) >= 11 is 5.05. The Morgan fingerprint density at radius 1 is 1.75 bits per heavy atom. The van der Waals surface area contributed by atoms with Gasteiger partial charge in [0, 0.05) is 6.20 Å². The average Bonchev–Trinajstić information content (AvgIpc) is 2.12. The molecule has 1 N–H and O–H groups in total. The molecule has 1 aromatic rings. The van der Waals surface area contributed by atoms with Gasteiger partial charge in [-0.05, 0) is 12.1 Å². The van der Waals surface area contributed by atoms with E-state index in [0.717, 1.165) is 0 Å². The fourth-order valence-electron chi connectivity index (χ4n) is 0.480. The SMILES string of the molecule is FC(Cl)c1ccc[nH]1. The van der Waals surface area contributed by atoms with Crippen molar-refractivity contribution in [2.24, 2.45) is 0 Å². The van der Waals surface area contributed by atoms with Gasteiger partial charge in [-0.15, -0.1) is 0 Å². The zero-order chi connectivity index (χ0) is 5.98. The first-order chi connectivity index (χ1) is 3.80. The number of aromatic nitrogens is 1. The van der Waals surface area contributed by atoms with E-state index >= 15 is 0 Å². The summed E-state index contributed by atoms with van der Waals surface area (Å²) in [5, 5.41) is 0. The van der Waals surface area contributed by atoms with Gasteiger partial charge in [0.15, 0.2) is 0 Å². The number of rotatable bonds is 1. The molecule has 0 amide bonds. The second-order valence-electron chi connectivity index (χ2n) is 1.43. The zero-order valence-electron chi connectivity index (χ0n) is 4.07. The summed E-state index contributed by atoms with van der Waals surface area (Å²) < 4.78 is 12.0. The molecule has 0 aliphatic rings. The lowest BCUT2D eigenvalue weighted by molar-refractivity contribution is 0.453. The lowest BCUT2D eigenvalue weighted by Gasteiger charge is -1.90. The maximum Gasteiger partial charge on any atom is 0.213 e. The first-order valence-corrected chi connectivity index (χ1v) is 2.66. The molecule has 0 radical (unpaired) electrons. The molecule has 44 valence electrons. The van der Waals surface area contributed by atoms with Gasteiger partial charge in [0.1, 0.15) is 0 Å². The molecule has 1 nitrogen and oxygen atoms in total. The van der Waals surface area contributed by atoms with E-state index in [1.165, 1.54) is 0 Å². The van der Waals surface area contributed by atoms with Crippen LogP contribution in [0.4, 0.5) is 4.39 Å². The van der Waals surface area contributed by atoms with Crippen molar-refractivity contribution in [1.82, 2.24) is 4.98 Å². The number of hydrogen-bond acceptors (Lipinski definition) is 0. The zero-order valence-corrected chi connectivity index (χ0v) is 4.82. The van der Waals surface area contributed by atoms with Gasteiger partial charge in [-0.2, -0.15) is 0 Å². The molecule has 1 atom stereocenters. The summed E-state index contributed by atoms with van der Waals surface area (Å²) in [6, 6.07) is 3.29. The van der Waals surface area contributed by atoms with Gasteiger partial charge < -0.3 is 4.98 Å². The predicted octanol–water partition coefficient (Wildman–Crippen LogP) is 2.22. The molecule has 0 saturated carbocycles. The highest BCUT2D eigenvalue weighted by Crippen LogP contribution is 2.18. The number of aromatic amines is 1. The van der Waals surface area contributed by atoms with Crippen molar-refractivity contribution in [3.05, 3.63) is 24.0 Å². The van der Waals surface area contributed by atoms with E-state index in [-0.39, 0.29) is 0 Å². The normalized spacial score (nSPS) is 13.8. The van der Waals surface area contributed by atoms with Crippen LogP contribution in [-0.2, 0) is 0 Å². The van der Waals surface area contributed by atoms with Crippen molar-refractivity contribution in [3.63, 3.8) is 0 Å². The summed E-state index contributed by atoms with van der Waals surface area (Å²) in [6.07, 6.45) is 1.63. The fourth-order valence-corrected chi connectivity index (χ4v) is 0.616. The van der Waals surface area contributed by atoms with Crippen molar-refractivity contribution in [2.45, 2.75) is 5.63 Å². The molecule has 0 fully saturated rings. The largest absolute Gasteiger partial charge is 0.362 e. The van der Waals surface area contributed by atoms with Gasteiger partial charge in [-0.3, -0.25) is 0 Å². The summed E-state index contributed by atoms with van der Waals surface area (Å²) in [6.45, 7) is 0. The maximum absolute atomic E-state index is 12.0. The molecule has 0 spiro atoms. The molecule has 3 heteroatoms. The van der Waals surface area contributed by atoms with E-state index in [1.54, 1.807) is 18.3 Å². The number of alkyl halides is 2. The topological polar surface area (TPSA) is 15.8 Å². The van der Waals surface area contributed by atoms with Crippen molar-refractivity contribution in [3.8, 4) is 0 Å². The molecule has 8 heavy (non-hydrogen) atoms. The van der Waals surface area contributed by atoms with Crippen molar-refractivity contribution in [2.75, 3.05) is 0 Å². The molecule has 0 bridgehead atoms. The average molecular weight is 134 g/mol. The van der Waals surface area contributed by atoms with Crippen molar-refractivity contribution in [1.29, 1.82) is 0 Å². The van der Waals surface area contributed by atoms with Crippen LogP contribution in [0.1, 0.15) is 11.3 Å². The van der Waals surface area contributed by atoms with E-state index in [4.69, 9.17) is 11.6 Å². The van der Waals surface area contributed by atoms with E-state index in [2.05, 4.69) is 4.98 Å². The molecular formula is C5H5ClFN. The minimum Gasteiger partial charge on any atom is -0.362 e. The summed E-state index contributed by atoms with van der Waals surface area (Å²) in [7, 11) is 0. The third-order valence-corrected chi connectivity index (χ3v) is 1.09. The quantitative estimate of drug-likeness (QED) is 0.566. The molecule has 1 unspecified atom stereocenters. The standard InChI is InChI=1S/C5H5ClFN/c6-5(7)4-2-1-3-8-4/h1-3,5,8H. The van der Waals surface area contributed by atoms with Crippen molar-refractivity contribution < 1.29 is 4.39 Å². The maximum atomic E-state index is 12.0. The summed E-state index contributed by atoms with van der Waals surface area (Å²) in [4.78, 5) is 2.63. The van der Waals surface area contributed by atoms with Gasteiger partial charge in [-0.25, -0.2) is 4.39 Å². The first kappa shape index (κ1) is 5.63. The predicted molar refractivity (Wildman–Crippen MR) is 30.5 cm³/mol. The van der Waals surface area contributed by atoms with Crippen LogP contribution in [0, 0.1) is 0 Å². The Balaban J connectivity index is 2.77. The Hall–Kier alpha value is -0.500. The highest BCUT2D eigenvalue weighted by molar-refractivity contribution is 6.19. The molecule has 0 aliphatic carbocycles. The van der Waals surface area contributed by atoms with Gasteiger partial charge in [0.05, 0.1) is 5.69 Å². The van der Waals surface area contributed by atoms with Crippen LogP contribution < -0.4 is 0 Å². The summed E-state index contributed by atoms with van der Waals surface area (Å²) in [5.41, 5.74) is -0.989. The van der Waals surface area contributed by atoms with E-state index < -0.39 is 5.63 Å². The van der Waals surface area contributed by atoms with Crippen LogP contribution >= 0.6 is 11.6 Å². The van der Waals surface area contributed by atoms with E-state index in [9.17, 15) is 4.39 Å². The second-order valence-corrected chi connectivity index (χ2v) is 1.81. The Labute approximate surface area is 51.5 Å². The Kier molecular flexibility index (Phi) is 1.53. The number of H-pyrrole nitrogens is 1. The number of halogens is 2. The lowest BCUT2D eigenvalue weighted by Crippen LogP contribution is -1.78. The third kappa shape index (κ3) is 1.01. The number of nitrogens with one attached hydrogen (secondary N) is 1. The van der Waals surface area contributed by atoms with Crippen LogP contribution in [0.25, 0.3) is 0 Å². The lowest BCUT2D eigenvalue weighted by atomic mass is 10.5. The Morgan fingerprint density at radius 3 is 2.75 bits per heavy atom. The van der Waals surface area contributed by atoms with Crippen LogP contribution in [0.15, 0.2) is 18.3 Å². The van der Waals surface area contributed by atoms with Crippen LogP contribution in [-0.4, -0.2) is 4.98 Å². The molecule has 1 aromatic heterocycles. The summed E-state index contributed by atoms with van der Waals surface area (Å²) in [5.74, 6) is 0. The monoisotopic (exact) mass is 133 g/mol. The second kappa shape index (κ2) is 2.18. The Bertz CT molecular complexity index is 147. The third-order valence-electron chi connectivity index (χ3n) is 0.857. The minimum absolute atomic E-state index is 0.409. The van der Waals surface area contributed by atoms with Gasteiger partial charge >= 0.3 is 0 Å². The van der Waals surface area contributed by atoms with Gasteiger partial charge in [0.2, 0.25) is 5.63 Å². The smallest absolute Gasteiger partial charge is 0.213 e. The first-order valence-electron chi connectivity index (χ1n) is 2.22. The van der Waals surface area contributed by atoms with Crippen LogP contribution in [0.2, 0.25) is 0 Å². The highest BCUT2D eigenvalue weighted by Gasteiger charge is 2.02. The molecule has 0 aromatic carbocycles. The molecule has 1 heterocycles.